The third-order valence-corrected chi connectivity index (χ3v) is 6.31. The third-order valence-electron chi connectivity index (χ3n) is 6.31. The second kappa shape index (κ2) is 13.0. The van der Waals surface area contributed by atoms with Crippen LogP contribution in [0.1, 0.15) is 30.0 Å². The zero-order valence-electron chi connectivity index (χ0n) is 22.3. The molecule has 8 heteroatoms. The van der Waals surface area contributed by atoms with Crippen LogP contribution in [0, 0.1) is 11.6 Å². The molecule has 1 aromatic heterocycles. The van der Waals surface area contributed by atoms with E-state index in [2.05, 4.69) is 15.5 Å². The van der Waals surface area contributed by atoms with Gasteiger partial charge in [-0.05, 0) is 70.7 Å². The Labute approximate surface area is 227 Å². The van der Waals surface area contributed by atoms with Crippen molar-refractivity contribution >= 4 is 28.0 Å². The van der Waals surface area contributed by atoms with E-state index in [-0.39, 0.29) is 5.91 Å². The number of halogens is 2. The minimum Gasteiger partial charge on any atom is -0.492 e. The summed E-state index contributed by atoms with van der Waals surface area (Å²) in [5.74, 6) is -1.08. The molecule has 0 spiro atoms. The molecule has 0 aliphatic carbocycles. The Hall–Kier alpha value is -4.30. The second-order valence-electron chi connectivity index (χ2n) is 9.22. The highest BCUT2D eigenvalue weighted by molar-refractivity contribution is 6.00. The maximum absolute atomic E-state index is 14.2. The number of hydrogen-bond acceptors (Lipinski definition) is 4. The van der Waals surface area contributed by atoms with Gasteiger partial charge in [-0.25, -0.2) is 8.78 Å². The number of aromatic amines is 1. The Bertz CT molecular complexity index is 1490. The molecular weight excluding hydrogens is 498 g/mol. The number of hydrogen-bond donors (Lipinski definition) is 2. The zero-order chi connectivity index (χ0) is 27.8. The van der Waals surface area contributed by atoms with E-state index in [1.165, 1.54) is 17.0 Å². The summed E-state index contributed by atoms with van der Waals surface area (Å²) in [6, 6.07) is 17.8. The number of ether oxygens (including phenoxy) is 1. The Morgan fingerprint density at radius 2 is 1.74 bits per heavy atom. The zero-order valence-corrected chi connectivity index (χ0v) is 22.3. The van der Waals surface area contributed by atoms with Crippen LogP contribution in [0.5, 0.6) is 5.75 Å². The minimum atomic E-state index is -0.875. The smallest absolute Gasteiger partial charge is 0.245 e. The Morgan fingerprint density at radius 3 is 2.46 bits per heavy atom. The molecular formula is C31H32F2N4O2. The van der Waals surface area contributed by atoms with Gasteiger partial charge in [0.25, 0.3) is 0 Å². The fourth-order valence-corrected chi connectivity index (χ4v) is 4.28. The second-order valence-corrected chi connectivity index (χ2v) is 9.22. The summed E-state index contributed by atoms with van der Waals surface area (Å²) < 4.78 is 33.8. The fourth-order valence-electron chi connectivity index (χ4n) is 4.28. The first-order chi connectivity index (χ1) is 18.9. The van der Waals surface area contributed by atoms with Crippen LogP contribution in [-0.4, -0.2) is 54.8 Å². The molecule has 202 valence electrons. The van der Waals surface area contributed by atoms with Crippen molar-refractivity contribution in [1.82, 2.24) is 20.4 Å². The van der Waals surface area contributed by atoms with E-state index in [1.54, 1.807) is 32.4 Å². The van der Waals surface area contributed by atoms with Crippen molar-refractivity contribution in [2.24, 2.45) is 0 Å². The lowest BCUT2D eigenvalue weighted by Gasteiger charge is -2.17. The first-order valence-electron chi connectivity index (χ1n) is 12.8. The van der Waals surface area contributed by atoms with E-state index in [1.807, 2.05) is 49.4 Å². The molecule has 0 fully saturated rings. The average molecular weight is 531 g/mol. The number of rotatable bonds is 11. The molecule has 0 saturated carbocycles. The predicted molar refractivity (Wildman–Crippen MR) is 151 cm³/mol. The number of aromatic nitrogens is 2. The number of carbonyl (C=O) groups is 1. The molecule has 39 heavy (non-hydrogen) atoms. The first-order valence-corrected chi connectivity index (χ1v) is 12.8. The lowest BCUT2D eigenvalue weighted by atomic mass is 9.88. The molecule has 0 bridgehead atoms. The number of fused-ring (bicyclic) bond motifs is 1. The maximum Gasteiger partial charge on any atom is 0.245 e. The number of nitrogens with one attached hydrogen (secondary N) is 2. The number of likely N-dealkylation sites (N-methyl/N-ethyl adjacent to an activating group) is 1. The van der Waals surface area contributed by atoms with Crippen molar-refractivity contribution in [1.29, 1.82) is 0 Å². The van der Waals surface area contributed by atoms with Crippen LogP contribution in [-0.2, 0) is 4.79 Å². The van der Waals surface area contributed by atoms with Gasteiger partial charge in [0.1, 0.15) is 12.4 Å². The summed E-state index contributed by atoms with van der Waals surface area (Å²) in [7, 11) is 3.42. The largest absolute Gasteiger partial charge is 0.492 e. The molecule has 2 N–H and O–H groups in total. The normalized spacial score (nSPS) is 12.1. The summed E-state index contributed by atoms with van der Waals surface area (Å²) in [6.45, 7) is 3.65. The molecule has 0 aliphatic heterocycles. The summed E-state index contributed by atoms with van der Waals surface area (Å²) in [5.41, 5.74) is 5.26. The summed E-state index contributed by atoms with van der Waals surface area (Å²) in [6.07, 6.45) is 5.69. The van der Waals surface area contributed by atoms with Crippen molar-refractivity contribution in [3.63, 3.8) is 0 Å². The molecule has 0 saturated heterocycles. The van der Waals surface area contributed by atoms with Gasteiger partial charge >= 0.3 is 0 Å². The molecule has 0 unspecified atom stereocenters. The van der Waals surface area contributed by atoms with Crippen molar-refractivity contribution in [2.75, 3.05) is 33.8 Å². The molecule has 0 radical (unpaired) electrons. The maximum atomic E-state index is 14.2. The van der Waals surface area contributed by atoms with Crippen molar-refractivity contribution in [3.05, 3.63) is 107 Å². The van der Waals surface area contributed by atoms with Gasteiger partial charge in [0, 0.05) is 38.6 Å². The Balaban J connectivity index is 1.55. The van der Waals surface area contributed by atoms with Gasteiger partial charge < -0.3 is 15.0 Å². The Kier molecular flexibility index (Phi) is 9.22. The topological polar surface area (TPSA) is 70.2 Å². The first kappa shape index (κ1) is 27.7. The van der Waals surface area contributed by atoms with Gasteiger partial charge in [0.2, 0.25) is 5.91 Å². The monoisotopic (exact) mass is 530 g/mol. The highest BCUT2D eigenvalue weighted by atomic mass is 19.2. The molecule has 4 rings (SSSR count). The number of allylic oxidation sites excluding steroid dienone is 1. The van der Waals surface area contributed by atoms with Crippen molar-refractivity contribution in [3.8, 4) is 5.75 Å². The lowest BCUT2D eigenvalue weighted by Crippen LogP contribution is -2.22. The average Bonchev–Trinajstić information content (AvgIpc) is 3.41. The van der Waals surface area contributed by atoms with E-state index in [0.29, 0.717) is 31.7 Å². The quantitative estimate of drug-likeness (QED) is 0.146. The highest BCUT2D eigenvalue weighted by Crippen LogP contribution is 2.36. The van der Waals surface area contributed by atoms with Crippen LogP contribution in [0.4, 0.5) is 8.78 Å². The fraction of sp³-hybridized carbons (Fsp3) is 0.226. The molecule has 0 aliphatic rings. The summed E-state index contributed by atoms with van der Waals surface area (Å²) >= 11 is 0. The molecule has 3 aromatic carbocycles. The van der Waals surface area contributed by atoms with Gasteiger partial charge in [-0.1, -0.05) is 37.3 Å². The summed E-state index contributed by atoms with van der Waals surface area (Å²) in [5, 5.41) is 11.3. The highest BCUT2D eigenvalue weighted by Gasteiger charge is 2.16. The minimum absolute atomic E-state index is 0.0537. The van der Waals surface area contributed by atoms with E-state index >= 15 is 0 Å². The molecule has 1 amide bonds. The van der Waals surface area contributed by atoms with Crippen molar-refractivity contribution in [2.45, 2.75) is 13.3 Å². The van der Waals surface area contributed by atoms with Crippen LogP contribution in [0.15, 0.2) is 79.0 Å². The third kappa shape index (κ3) is 6.97. The molecule has 6 nitrogen and oxygen atoms in total. The lowest BCUT2D eigenvalue weighted by molar-refractivity contribution is -0.123. The number of benzene rings is 3. The number of amides is 1. The number of carbonyl (C=O) groups excluding carboxylic acids is 1. The SMILES string of the molecule is CCC(=C(c1ccc(OCCNCC=CC(=O)N(C)C)cc1)c1ccc2[nH]ncc2c1)c1ccc(F)c(F)c1. The van der Waals surface area contributed by atoms with E-state index < -0.39 is 11.6 Å². The van der Waals surface area contributed by atoms with Crippen LogP contribution in [0.3, 0.4) is 0 Å². The molecule has 4 aromatic rings. The van der Waals surface area contributed by atoms with E-state index in [9.17, 15) is 13.6 Å². The molecule has 1 heterocycles. The number of H-pyrrole nitrogens is 1. The van der Waals surface area contributed by atoms with Crippen LogP contribution < -0.4 is 10.1 Å². The van der Waals surface area contributed by atoms with Crippen LogP contribution in [0.2, 0.25) is 0 Å². The van der Waals surface area contributed by atoms with Gasteiger partial charge in [-0.3, -0.25) is 9.89 Å². The number of nitrogens with zero attached hydrogens (tertiary/aromatic N) is 2. The van der Waals surface area contributed by atoms with Crippen LogP contribution >= 0.6 is 0 Å². The van der Waals surface area contributed by atoms with Gasteiger partial charge in [0.05, 0.1) is 11.7 Å². The standard InChI is InChI=1S/C31H32F2N4O2/c1-4-26(22-9-13-27(32)28(33)19-22)31(23-10-14-29-24(18-23)20-35-36-29)21-7-11-25(12-8-21)39-17-16-34-15-5-6-30(38)37(2)3/h5-14,18-20,34H,4,15-17H2,1-3H3,(H,35,36). The summed E-state index contributed by atoms with van der Waals surface area (Å²) in [4.78, 5) is 13.1. The molecule has 0 atom stereocenters. The van der Waals surface area contributed by atoms with Gasteiger partial charge in [-0.2, -0.15) is 5.10 Å². The van der Waals surface area contributed by atoms with Gasteiger partial charge in [0.15, 0.2) is 11.6 Å². The van der Waals surface area contributed by atoms with Crippen LogP contribution in [0.25, 0.3) is 22.0 Å². The van der Waals surface area contributed by atoms with Crippen molar-refractivity contribution < 1.29 is 18.3 Å². The Morgan fingerprint density at radius 1 is 1.00 bits per heavy atom. The van der Waals surface area contributed by atoms with E-state index in [4.69, 9.17) is 4.74 Å². The predicted octanol–water partition coefficient (Wildman–Crippen LogP) is 5.82. The van der Waals surface area contributed by atoms with E-state index in [0.717, 1.165) is 45.0 Å². The van der Waals surface area contributed by atoms with Gasteiger partial charge in [-0.15, -0.1) is 0 Å².